The highest BCUT2D eigenvalue weighted by molar-refractivity contribution is 5.75. The molecular formula is C19H14N4O2. The minimum Gasteiger partial charge on any atom is -0.473 e. The molecule has 0 amide bonds. The third-order valence-corrected chi connectivity index (χ3v) is 3.49. The van der Waals surface area contributed by atoms with Crippen molar-refractivity contribution in [3.8, 4) is 17.6 Å². The summed E-state index contributed by atoms with van der Waals surface area (Å²) >= 11 is 0. The van der Waals surface area contributed by atoms with Crippen LogP contribution in [0.15, 0.2) is 73.2 Å². The van der Waals surface area contributed by atoms with Crippen molar-refractivity contribution in [2.75, 3.05) is 0 Å². The van der Waals surface area contributed by atoms with Gasteiger partial charge in [0, 0.05) is 30.7 Å². The fourth-order valence-electron chi connectivity index (χ4n) is 2.30. The average molecular weight is 330 g/mol. The summed E-state index contributed by atoms with van der Waals surface area (Å²) in [5.41, 5.74) is 2.61. The summed E-state index contributed by atoms with van der Waals surface area (Å²) in [7, 11) is 0. The number of nitrogens with zero attached hydrogens (tertiary/aromatic N) is 4. The van der Waals surface area contributed by atoms with Crippen LogP contribution in [-0.4, -0.2) is 19.9 Å². The van der Waals surface area contributed by atoms with E-state index in [9.17, 15) is 0 Å². The zero-order valence-electron chi connectivity index (χ0n) is 13.2. The molecule has 0 aliphatic carbocycles. The fraction of sp³-hybridized carbons (Fsp3) is 0.0526. The van der Waals surface area contributed by atoms with Gasteiger partial charge >= 0.3 is 6.01 Å². The van der Waals surface area contributed by atoms with Crippen LogP contribution < -0.4 is 9.47 Å². The Labute approximate surface area is 144 Å². The Bertz CT molecular complexity index is 992. The number of aromatic nitrogens is 4. The Morgan fingerprint density at radius 3 is 2.48 bits per heavy atom. The minimum atomic E-state index is 0.216. The normalized spacial score (nSPS) is 10.6. The molecule has 0 spiro atoms. The maximum Gasteiger partial charge on any atom is 0.325 e. The molecule has 2 heterocycles. The molecule has 122 valence electrons. The van der Waals surface area contributed by atoms with Crippen LogP contribution in [0.25, 0.3) is 11.0 Å². The molecule has 4 rings (SSSR count). The van der Waals surface area contributed by atoms with E-state index in [1.165, 1.54) is 0 Å². The van der Waals surface area contributed by atoms with Gasteiger partial charge < -0.3 is 9.47 Å². The molecule has 2 aromatic heterocycles. The molecule has 0 atom stereocenters. The van der Waals surface area contributed by atoms with E-state index < -0.39 is 0 Å². The van der Waals surface area contributed by atoms with Gasteiger partial charge in [0.15, 0.2) is 0 Å². The van der Waals surface area contributed by atoms with Crippen LogP contribution >= 0.6 is 0 Å². The molecule has 4 aromatic rings. The number of hydrogen-bond acceptors (Lipinski definition) is 6. The summed E-state index contributed by atoms with van der Waals surface area (Å²) in [6.07, 6.45) is 4.89. The lowest BCUT2D eigenvalue weighted by atomic mass is 10.2. The molecule has 0 fully saturated rings. The summed E-state index contributed by atoms with van der Waals surface area (Å²) in [6, 6.07) is 17.2. The van der Waals surface area contributed by atoms with Gasteiger partial charge in [0.2, 0.25) is 5.88 Å². The third-order valence-electron chi connectivity index (χ3n) is 3.49. The summed E-state index contributed by atoms with van der Waals surface area (Å²) in [4.78, 5) is 16.9. The number of ether oxygens (including phenoxy) is 2. The summed E-state index contributed by atoms with van der Waals surface area (Å²) in [5, 5.41) is 0. The molecule has 0 saturated carbocycles. The zero-order valence-corrected chi connectivity index (χ0v) is 13.2. The molecule has 0 aliphatic heterocycles. The zero-order chi connectivity index (χ0) is 16.9. The Hall–Kier alpha value is -3.54. The van der Waals surface area contributed by atoms with E-state index in [4.69, 9.17) is 9.47 Å². The van der Waals surface area contributed by atoms with Crippen molar-refractivity contribution < 1.29 is 9.47 Å². The number of rotatable bonds is 5. The monoisotopic (exact) mass is 330 g/mol. The topological polar surface area (TPSA) is 70.0 Å². The van der Waals surface area contributed by atoms with Crippen molar-refractivity contribution >= 4 is 11.0 Å². The molecule has 25 heavy (non-hydrogen) atoms. The highest BCUT2D eigenvalue weighted by Crippen LogP contribution is 2.22. The number of benzene rings is 2. The Morgan fingerprint density at radius 2 is 1.60 bits per heavy atom. The van der Waals surface area contributed by atoms with Gasteiger partial charge in [-0.25, -0.2) is 4.98 Å². The van der Waals surface area contributed by atoms with Gasteiger partial charge in [-0.1, -0.05) is 30.3 Å². The summed E-state index contributed by atoms with van der Waals surface area (Å²) in [6.45, 7) is 0.433. The molecule has 6 heteroatoms. The van der Waals surface area contributed by atoms with E-state index in [1.807, 2.05) is 36.4 Å². The SMILES string of the molecule is c1ccc(COc2ccnc(Oc3ccc4nccnc4c3)n2)cc1. The lowest BCUT2D eigenvalue weighted by Crippen LogP contribution is -1.99. The lowest BCUT2D eigenvalue weighted by molar-refractivity contribution is 0.287. The Kier molecular flexibility index (Phi) is 4.16. The van der Waals surface area contributed by atoms with Crippen molar-refractivity contribution in [2.24, 2.45) is 0 Å². The highest BCUT2D eigenvalue weighted by atomic mass is 16.5. The van der Waals surface area contributed by atoms with E-state index in [2.05, 4.69) is 19.9 Å². The van der Waals surface area contributed by atoms with Gasteiger partial charge in [0.25, 0.3) is 0 Å². The highest BCUT2D eigenvalue weighted by Gasteiger charge is 2.05. The van der Waals surface area contributed by atoms with Crippen molar-refractivity contribution in [1.29, 1.82) is 0 Å². The van der Waals surface area contributed by atoms with Crippen LogP contribution in [0, 0.1) is 0 Å². The van der Waals surface area contributed by atoms with Crippen LogP contribution in [0.2, 0.25) is 0 Å². The average Bonchev–Trinajstić information content (AvgIpc) is 2.67. The Balaban J connectivity index is 1.48. The van der Waals surface area contributed by atoms with Crippen molar-refractivity contribution in [3.63, 3.8) is 0 Å². The van der Waals surface area contributed by atoms with Crippen LogP contribution in [-0.2, 0) is 6.61 Å². The lowest BCUT2D eigenvalue weighted by Gasteiger charge is -2.07. The number of hydrogen-bond donors (Lipinski definition) is 0. The predicted molar refractivity (Wildman–Crippen MR) is 92.4 cm³/mol. The van der Waals surface area contributed by atoms with Gasteiger partial charge in [-0.2, -0.15) is 4.98 Å². The van der Waals surface area contributed by atoms with Gasteiger partial charge in [0.1, 0.15) is 12.4 Å². The van der Waals surface area contributed by atoms with Crippen molar-refractivity contribution in [2.45, 2.75) is 6.61 Å². The maximum absolute atomic E-state index is 5.71. The Morgan fingerprint density at radius 1 is 0.760 bits per heavy atom. The van der Waals surface area contributed by atoms with Crippen LogP contribution in [0.5, 0.6) is 17.6 Å². The van der Waals surface area contributed by atoms with Gasteiger partial charge in [-0.3, -0.25) is 9.97 Å². The van der Waals surface area contributed by atoms with Crippen molar-refractivity contribution in [3.05, 3.63) is 78.8 Å². The van der Waals surface area contributed by atoms with Gasteiger partial charge in [-0.05, 0) is 17.7 Å². The fourth-order valence-corrected chi connectivity index (χ4v) is 2.30. The second-order valence-corrected chi connectivity index (χ2v) is 5.26. The maximum atomic E-state index is 5.71. The summed E-state index contributed by atoms with van der Waals surface area (Å²) < 4.78 is 11.4. The molecular weight excluding hydrogens is 316 g/mol. The first-order valence-corrected chi connectivity index (χ1v) is 7.75. The predicted octanol–water partition coefficient (Wildman–Crippen LogP) is 3.79. The van der Waals surface area contributed by atoms with Crippen LogP contribution in [0.4, 0.5) is 0 Å². The largest absolute Gasteiger partial charge is 0.473 e. The molecule has 0 bridgehead atoms. The standard InChI is InChI=1S/C19H14N4O2/c1-2-4-14(5-3-1)13-24-18-8-9-22-19(23-18)25-15-6-7-16-17(12-15)21-11-10-20-16/h1-12H,13H2. The second kappa shape index (κ2) is 6.92. The first kappa shape index (κ1) is 15.0. The first-order chi connectivity index (χ1) is 12.4. The van der Waals surface area contributed by atoms with Gasteiger partial charge in [0.05, 0.1) is 11.0 Å². The quantitative estimate of drug-likeness (QED) is 0.554. The molecule has 0 saturated heterocycles. The van der Waals surface area contributed by atoms with E-state index >= 15 is 0 Å². The smallest absolute Gasteiger partial charge is 0.325 e. The molecule has 0 unspecified atom stereocenters. The van der Waals surface area contributed by atoms with Crippen molar-refractivity contribution in [1.82, 2.24) is 19.9 Å². The molecule has 2 aromatic carbocycles. The van der Waals surface area contributed by atoms with Crippen LogP contribution in [0.1, 0.15) is 5.56 Å². The third kappa shape index (κ3) is 3.69. The summed E-state index contributed by atoms with van der Waals surface area (Å²) in [5.74, 6) is 1.04. The van der Waals surface area contributed by atoms with Gasteiger partial charge in [-0.15, -0.1) is 0 Å². The van der Waals surface area contributed by atoms with Crippen LogP contribution in [0.3, 0.4) is 0 Å². The van der Waals surface area contributed by atoms with E-state index in [0.717, 1.165) is 16.6 Å². The molecule has 0 radical (unpaired) electrons. The first-order valence-electron chi connectivity index (χ1n) is 7.75. The molecule has 6 nitrogen and oxygen atoms in total. The van der Waals surface area contributed by atoms with E-state index in [-0.39, 0.29) is 6.01 Å². The molecule has 0 N–H and O–H groups in total. The van der Waals surface area contributed by atoms with E-state index in [0.29, 0.717) is 18.2 Å². The molecule has 0 aliphatic rings. The number of fused-ring (bicyclic) bond motifs is 1. The van der Waals surface area contributed by atoms with E-state index in [1.54, 1.807) is 36.8 Å². The minimum absolute atomic E-state index is 0.216. The second-order valence-electron chi connectivity index (χ2n) is 5.26.